The highest BCUT2D eigenvalue weighted by atomic mass is 35.5. The predicted molar refractivity (Wildman–Crippen MR) is 117 cm³/mol. The van der Waals surface area contributed by atoms with E-state index in [1.807, 2.05) is 66.7 Å². The molecule has 1 aliphatic rings. The van der Waals surface area contributed by atoms with E-state index in [0.717, 1.165) is 33.2 Å². The van der Waals surface area contributed by atoms with Gasteiger partial charge in [0.25, 0.3) is 5.69 Å². The first-order chi connectivity index (χ1) is 14.6. The molecule has 5 nitrogen and oxygen atoms in total. The van der Waals surface area contributed by atoms with Gasteiger partial charge in [-0.1, -0.05) is 66.2 Å². The fraction of sp³-hybridized carbons (Fsp3) is 0.0833. The van der Waals surface area contributed by atoms with E-state index >= 15 is 0 Å². The van der Waals surface area contributed by atoms with Crippen molar-refractivity contribution in [1.82, 2.24) is 5.32 Å². The largest absolute Gasteiger partial charge is 0.471 e. The number of rotatable bonds is 3. The monoisotopic (exact) mass is 416 g/mol. The van der Waals surface area contributed by atoms with Crippen molar-refractivity contribution in [2.75, 3.05) is 0 Å². The molecule has 1 heterocycles. The Kier molecular flexibility index (Phi) is 4.62. The van der Waals surface area contributed by atoms with E-state index in [9.17, 15) is 10.1 Å². The van der Waals surface area contributed by atoms with Gasteiger partial charge in [0, 0.05) is 28.3 Å². The Balaban J connectivity index is 1.69. The highest BCUT2D eigenvalue weighted by molar-refractivity contribution is 6.30. The molecular weight excluding hydrogens is 400 g/mol. The van der Waals surface area contributed by atoms with Crippen LogP contribution in [0.25, 0.3) is 10.8 Å². The molecule has 1 aliphatic heterocycles. The number of nitrogens with one attached hydrogen (secondary N) is 1. The van der Waals surface area contributed by atoms with Gasteiger partial charge in [-0.15, -0.1) is 0 Å². The fourth-order valence-corrected chi connectivity index (χ4v) is 4.08. The molecule has 0 unspecified atom stereocenters. The number of hydrogen-bond acceptors (Lipinski definition) is 4. The Morgan fingerprint density at radius 3 is 2.50 bits per heavy atom. The van der Waals surface area contributed by atoms with Crippen LogP contribution in [0, 0.1) is 10.1 Å². The van der Waals surface area contributed by atoms with Crippen molar-refractivity contribution in [3.63, 3.8) is 0 Å². The Hall–Kier alpha value is -3.41. The van der Waals surface area contributed by atoms with E-state index in [1.54, 1.807) is 12.1 Å². The zero-order chi connectivity index (χ0) is 20.7. The van der Waals surface area contributed by atoms with Gasteiger partial charge in [-0.2, -0.15) is 0 Å². The van der Waals surface area contributed by atoms with E-state index in [4.69, 9.17) is 16.3 Å². The van der Waals surface area contributed by atoms with E-state index < -0.39 is 6.23 Å². The highest BCUT2D eigenvalue weighted by Gasteiger charge is 2.31. The Morgan fingerprint density at radius 1 is 0.900 bits per heavy atom. The van der Waals surface area contributed by atoms with Gasteiger partial charge in [0.05, 0.1) is 11.0 Å². The van der Waals surface area contributed by atoms with Crippen molar-refractivity contribution in [3.8, 4) is 5.75 Å². The second-order valence-electron chi connectivity index (χ2n) is 7.20. The maximum atomic E-state index is 11.4. The normalized spacial score (nSPS) is 17.9. The maximum Gasteiger partial charge on any atom is 0.269 e. The molecule has 5 rings (SSSR count). The lowest BCUT2D eigenvalue weighted by molar-refractivity contribution is -0.384. The number of nitro benzene ring substituents is 1. The van der Waals surface area contributed by atoms with E-state index in [0.29, 0.717) is 5.02 Å². The molecule has 0 aliphatic carbocycles. The first-order valence-corrected chi connectivity index (χ1v) is 9.92. The molecule has 1 N–H and O–H groups in total. The maximum absolute atomic E-state index is 11.4. The van der Waals surface area contributed by atoms with Crippen LogP contribution in [0.1, 0.15) is 29.0 Å². The van der Waals surface area contributed by atoms with Crippen molar-refractivity contribution >= 4 is 28.1 Å². The molecule has 0 saturated heterocycles. The number of fused-ring (bicyclic) bond motifs is 3. The van der Waals surface area contributed by atoms with E-state index in [-0.39, 0.29) is 16.7 Å². The lowest BCUT2D eigenvalue weighted by Gasteiger charge is -2.35. The molecule has 4 aromatic carbocycles. The van der Waals surface area contributed by atoms with E-state index in [1.165, 1.54) is 6.07 Å². The van der Waals surface area contributed by atoms with Crippen LogP contribution in [0.4, 0.5) is 5.69 Å². The van der Waals surface area contributed by atoms with E-state index in [2.05, 4.69) is 5.32 Å². The van der Waals surface area contributed by atoms with Crippen LogP contribution in [0.2, 0.25) is 5.02 Å². The summed E-state index contributed by atoms with van der Waals surface area (Å²) in [7, 11) is 0. The quantitative estimate of drug-likeness (QED) is 0.320. The van der Waals surface area contributed by atoms with Crippen LogP contribution in [0.5, 0.6) is 5.75 Å². The SMILES string of the molecule is O=[N+]([O-])c1cccc([C@H]2N[C@H](c3ccc(Cl)cc3)Oc3ccc4ccccc4c32)c1. The van der Waals surface area contributed by atoms with Crippen molar-refractivity contribution in [2.24, 2.45) is 0 Å². The van der Waals surface area contributed by atoms with Crippen LogP contribution in [0.3, 0.4) is 0 Å². The van der Waals surface area contributed by atoms with Gasteiger partial charge in [-0.05, 0) is 34.5 Å². The van der Waals surface area contributed by atoms with Gasteiger partial charge in [0.1, 0.15) is 5.75 Å². The molecular formula is C24H17ClN2O3. The standard InChI is InChI=1S/C24H17ClN2O3/c25-18-11-8-16(9-12-18)24-26-23(17-5-3-6-19(14-17)27(28)29)22-20-7-2-1-4-15(20)10-13-21(22)30-24/h1-14,23-24,26H/t23-,24+/m1/s1. The Bertz CT molecular complexity index is 1260. The summed E-state index contributed by atoms with van der Waals surface area (Å²) in [5.74, 6) is 0.754. The van der Waals surface area contributed by atoms with Crippen molar-refractivity contribution in [3.05, 3.63) is 117 Å². The topological polar surface area (TPSA) is 64.4 Å². The molecule has 148 valence electrons. The first-order valence-electron chi connectivity index (χ1n) is 9.54. The smallest absolute Gasteiger partial charge is 0.269 e. The molecule has 0 spiro atoms. The molecule has 2 atom stereocenters. The zero-order valence-electron chi connectivity index (χ0n) is 15.8. The summed E-state index contributed by atoms with van der Waals surface area (Å²) in [5, 5.41) is 17.7. The minimum atomic E-state index is -0.416. The van der Waals surface area contributed by atoms with Gasteiger partial charge in [0.2, 0.25) is 0 Å². The number of halogens is 1. The second kappa shape index (κ2) is 7.44. The Labute approximate surface area is 178 Å². The summed E-state index contributed by atoms with van der Waals surface area (Å²) in [6.07, 6.45) is -0.416. The average Bonchev–Trinajstić information content (AvgIpc) is 2.78. The number of hydrogen-bond donors (Lipinski definition) is 1. The number of nitro groups is 1. The van der Waals surface area contributed by atoms with Gasteiger partial charge < -0.3 is 4.74 Å². The molecule has 0 aromatic heterocycles. The lowest BCUT2D eigenvalue weighted by Crippen LogP contribution is -2.35. The second-order valence-corrected chi connectivity index (χ2v) is 7.64. The molecule has 30 heavy (non-hydrogen) atoms. The molecule has 0 amide bonds. The number of nitrogens with zero attached hydrogens (tertiary/aromatic N) is 1. The Morgan fingerprint density at radius 2 is 1.70 bits per heavy atom. The summed E-state index contributed by atoms with van der Waals surface area (Å²) < 4.78 is 6.31. The van der Waals surface area contributed by atoms with Crippen LogP contribution in [-0.2, 0) is 0 Å². The third kappa shape index (κ3) is 3.28. The van der Waals surface area contributed by atoms with Crippen molar-refractivity contribution in [2.45, 2.75) is 12.3 Å². The highest BCUT2D eigenvalue weighted by Crippen LogP contribution is 2.43. The molecule has 6 heteroatoms. The van der Waals surface area contributed by atoms with Crippen LogP contribution in [0.15, 0.2) is 84.9 Å². The number of ether oxygens (including phenoxy) is 1. The molecule has 4 aromatic rings. The van der Waals surface area contributed by atoms with Crippen LogP contribution < -0.4 is 10.1 Å². The summed E-state index contributed by atoms with van der Waals surface area (Å²) in [6.45, 7) is 0. The lowest BCUT2D eigenvalue weighted by atomic mass is 9.91. The van der Waals surface area contributed by atoms with Gasteiger partial charge in [-0.3, -0.25) is 15.4 Å². The summed E-state index contributed by atoms with van der Waals surface area (Å²) in [4.78, 5) is 11.0. The molecule has 0 bridgehead atoms. The average molecular weight is 417 g/mol. The third-order valence-corrected chi connectivity index (χ3v) is 5.62. The minimum absolute atomic E-state index is 0.0608. The molecule has 0 saturated carbocycles. The van der Waals surface area contributed by atoms with Gasteiger partial charge >= 0.3 is 0 Å². The molecule has 0 radical (unpaired) electrons. The number of benzene rings is 4. The van der Waals surface area contributed by atoms with Gasteiger partial charge in [0.15, 0.2) is 6.23 Å². The summed E-state index contributed by atoms with van der Waals surface area (Å²) in [5.41, 5.74) is 2.77. The summed E-state index contributed by atoms with van der Waals surface area (Å²) in [6, 6.07) is 26.0. The molecule has 0 fully saturated rings. The van der Waals surface area contributed by atoms with Gasteiger partial charge in [-0.25, -0.2) is 0 Å². The van der Waals surface area contributed by atoms with Crippen molar-refractivity contribution < 1.29 is 9.66 Å². The number of non-ortho nitro benzene ring substituents is 1. The fourth-order valence-electron chi connectivity index (χ4n) is 3.95. The predicted octanol–water partition coefficient (Wildman–Crippen LogP) is 6.17. The van der Waals surface area contributed by atoms with Crippen molar-refractivity contribution in [1.29, 1.82) is 0 Å². The zero-order valence-corrected chi connectivity index (χ0v) is 16.5. The first kappa shape index (κ1) is 18.6. The minimum Gasteiger partial charge on any atom is -0.471 e. The third-order valence-electron chi connectivity index (χ3n) is 5.37. The summed E-state index contributed by atoms with van der Waals surface area (Å²) >= 11 is 6.04. The van der Waals surface area contributed by atoms with Crippen LogP contribution in [-0.4, -0.2) is 4.92 Å². The van der Waals surface area contributed by atoms with Crippen LogP contribution >= 0.6 is 11.6 Å².